The molecule has 0 bridgehead atoms. The molecule has 0 aliphatic rings. The molecule has 0 saturated heterocycles. The highest BCUT2D eigenvalue weighted by atomic mass is 16.7. The Labute approximate surface area is 107 Å². The first-order valence-electron chi connectivity index (χ1n) is 6.23. The molecule has 0 aliphatic carbocycles. The lowest BCUT2D eigenvalue weighted by molar-refractivity contribution is -0.182. The van der Waals surface area contributed by atoms with Gasteiger partial charge in [-0.15, -0.1) is 0 Å². The molecular formula is C12H22O6. The van der Waals surface area contributed by atoms with Crippen LogP contribution in [0.2, 0.25) is 0 Å². The molecule has 0 aliphatic heterocycles. The minimum atomic E-state index is -0.862. The van der Waals surface area contributed by atoms with E-state index >= 15 is 0 Å². The molecule has 0 amide bonds. The largest absolute Gasteiger partial charge is 0.481 e. The van der Waals surface area contributed by atoms with E-state index in [1.54, 1.807) is 0 Å². The van der Waals surface area contributed by atoms with Crippen LogP contribution in [-0.2, 0) is 19.1 Å². The highest BCUT2D eigenvalue weighted by molar-refractivity contribution is 5.69. The van der Waals surface area contributed by atoms with Gasteiger partial charge in [-0.05, 0) is 12.8 Å². The number of carbonyl (C=O) groups excluding carboxylic acids is 1. The summed E-state index contributed by atoms with van der Waals surface area (Å²) in [7, 11) is 0. The molecule has 18 heavy (non-hydrogen) atoms. The second-order valence-electron chi connectivity index (χ2n) is 3.90. The minimum absolute atomic E-state index is 0.0622. The van der Waals surface area contributed by atoms with Crippen LogP contribution in [0.1, 0.15) is 45.4 Å². The lowest BCUT2D eigenvalue weighted by Crippen LogP contribution is -2.22. The van der Waals surface area contributed by atoms with Crippen molar-refractivity contribution in [3.63, 3.8) is 0 Å². The quantitative estimate of drug-likeness (QED) is 0.331. The van der Waals surface area contributed by atoms with E-state index in [1.807, 2.05) is 6.92 Å². The summed E-state index contributed by atoms with van der Waals surface area (Å²) in [6.45, 7) is 1.96. The van der Waals surface area contributed by atoms with Crippen molar-refractivity contribution in [1.29, 1.82) is 0 Å². The van der Waals surface area contributed by atoms with Gasteiger partial charge in [-0.3, -0.25) is 9.59 Å². The van der Waals surface area contributed by atoms with Crippen molar-refractivity contribution in [2.45, 2.75) is 51.7 Å². The monoisotopic (exact) mass is 262 g/mol. The molecule has 0 aromatic rings. The molecule has 1 atom stereocenters. The molecule has 6 heteroatoms. The fourth-order valence-electron chi connectivity index (χ4n) is 1.35. The zero-order chi connectivity index (χ0) is 13.8. The van der Waals surface area contributed by atoms with Gasteiger partial charge in [0.2, 0.25) is 6.29 Å². The Morgan fingerprint density at radius 3 is 2.44 bits per heavy atom. The van der Waals surface area contributed by atoms with Crippen LogP contribution in [0, 0.1) is 0 Å². The van der Waals surface area contributed by atoms with Crippen LogP contribution in [0.5, 0.6) is 0 Å². The maximum absolute atomic E-state index is 11.4. The van der Waals surface area contributed by atoms with Gasteiger partial charge in [-0.2, -0.15) is 0 Å². The first-order chi connectivity index (χ1) is 8.60. The third-order valence-electron chi connectivity index (χ3n) is 2.20. The predicted octanol–water partition coefficient (Wildman–Crippen LogP) is 1.31. The summed E-state index contributed by atoms with van der Waals surface area (Å²) in [6.07, 6.45) is 1.98. The number of hydrogen-bond acceptors (Lipinski definition) is 5. The van der Waals surface area contributed by atoms with E-state index < -0.39 is 18.2 Å². The van der Waals surface area contributed by atoms with Crippen LogP contribution in [-0.4, -0.2) is 41.7 Å². The molecule has 0 rings (SSSR count). The van der Waals surface area contributed by atoms with Gasteiger partial charge in [0, 0.05) is 19.3 Å². The lowest BCUT2D eigenvalue weighted by Gasteiger charge is -2.17. The van der Waals surface area contributed by atoms with Crippen molar-refractivity contribution in [2.24, 2.45) is 0 Å². The van der Waals surface area contributed by atoms with Gasteiger partial charge in [0.25, 0.3) is 0 Å². The molecule has 0 saturated carbocycles. The molecule has 106 valence electrons. The number of esters is 1. The maximum atomic E-state index is 11.4. The third kappa shape index (κ3) is 10.0. The van der Waals surface area contributed by atoms with Crippen LogP contribution in [0.15, 0.2) is 0 Å². The molecule has 2 N–H and O–H groups in total. The van der Waals surface area contributed by atoms with Gasteiger partial charge in [0.15, 0.2) is 0 Å². The zero-order valence-electron chi connectivity index (χ0n) is 10.8. The second kappa shape index (κ2) is 11.0. The van der Waals surface area contributed by atoms with E-state index in [0.717, 1.165) is 6.42 Å². The van der Waals surface area contributed by atoms with Crippen molar-refractivity contribution >= 4 is 11.9 Å². The number of aliphatic hydroxyl groups excluding tert-OH is 1. The molecule has 6 nitrogen and oxygen atoms in total. The standard InChI is InChI=1S/C12H22O6/c1-2-5-12(17-9-8-13)18-11(16)7-4-3-6-10(14)15/h12-13H,2-9H2,1H3,(H,14,15). The molecule has 0 heterocycles. The van der Waals surface area contributed by atoms with Crippen LogP contribution in [0.3, 0.4) is 0 Å². The SMILES string of the molecule is CCCC(OCCO)OC(=O)CCCCC(=O)O. The van der Waals surface area contributed by atoms with E-state index in [2.05, 4.69) is 0 Å². The van der Waals surface area contributed by atoms with Gasteiger partial charge >= 0.3 is 11.9 Å². The maximum Gasteiger partial charge on any atom is 0.308 e. The Bertz CT molecular complexity index is 241. The van der Waals surface area contributed by atoms with Crippen LogP contribution in [0.4, 0.5) is 0 Å². The number of carbonyl (C=O) groups is 2. The van der Waals surface area contributed by atoms with E-state index in [-0.39, 0.29) is 26.1 Å². The Hall–Kier alpha value is -1.14. The number of hydrogen-bond donors (Lipinski definition) is 2. The van der Waals surface area contributed by atoms with E-state index in [0.29, 0.717) is 19.3 Å². The molecular weight excluding hydrogens is 240 g/mol. The fraction of sp³-hybridized carbons (Fsp3) is 0.833. The van der Waals surface area contributed by atoms with Crippen LogP contribution < -0.4 is 0 Å². The minimum Gasteiger partial charge on any atom is -0.481 e. The normalized spacial score (nSPS) is 12.1. The number of carboxylic acids is 1. The van der Waals surface area contributed by atoms with Gasteiger partial charge in [-0.1, -0.05) is 13.3 Å². The summed E-state index contributed by atoms with van der Waals surface area (Å²) >= 11 is 0. The number of rotatable bonds is 11. The van der Waals surface area contributed by atoms with E-state index in [9.17, 15) is 9.59 Å². The van der Waals surface area contributed by atoms with Crippen LogP contribution >= 0.6 is 0 Å². The van der Waals surface area contributed by atoms with E-state index in [4.69, 9.17) is 19.7 Å². The number of carboxylic acid groups (broad SMARTS) is 1. The zero-order valence-corrected chi connectivity index (χ0v) is 10.8. The number of aliphatic carboxylic acids is 1. The topological polar surface area (TPSA) is 93.1 Å². The average Bonchev–Trinajstić information content (AvgIpc) is 2.31. The van der Waals surface area contributed by atoms with Crippen LogP contribution in [0.25, 0.3) is 0 Å². The van der Waals surface area contributed by atoms with Crippen molar-refractivity contribution in [2.75, 3.05) is 13.2 Å². The Balaban J connectivity index is 3.76. The second-order valence-corrected chi connectivity index (χ2v) is 3.90. The molecule has 0 aromatic heterocycles. The number of aliphatic hydroxyl groups is 1. The van der Waals surface area contributed by atoms with Gasteiger partial charge < -0.3 is 19.7 Å². The Morgan fingerprint density at radius 1 is 1.22 bits per heavy atom. The van der Waals surface area contributed by atoms with Gasteiger partial charge in [-0.25, -0.2) is 0 Å². The van der Waals surface area contributed by atoms with Crippen molar-refractivity contribution < 1.29 is 29.3 Å². The average molecular weight is 262 g/mol. The summed E-state index contributed by atoms with van der Waals surface area (Å²) in [6, 6.07) is 0. The summed E-state index contributed by atoms with van der Waals surface area (Å²) in [4.78, 5) is 21.7. The molecule has 0 radical (unpaired) electrons. The fourth-order valence-corrected chi connectivity index (χ4v) is 1.35. The molecule has 0 spiro atoms. The van der Waals surface area contributed by atoms with Crippen molar-refractivity contribution in [3.05, 3.63) is 0 Å². The summed E-state index contributed by atoms with van der Waals surface area (Å²) < 4.78 is 10.2. The van der Waals surface area contributed by atoms with E-state index in [1.165, 1.54) is 0 Å². The smallest absolute Gasteiger partial charge is 0.308 e. The van der Waals surface area contributed by atoms with Crippen molar-refractivity contribution in [3.8, 4) is 0 Å². The van der Waals surface area contributed by atoms with Gasteiger partial charge in [0.05, 0.1) is 13.2 Å². The molecule has 0 aromatic carbocycles. The highest BCUT2D eigenvalue weighted by Gasteiger charge is 2.13. The lowest BCUT2D eigenvalue weighted by atomic mass is 10.2. The molecule has 0 fully saturated rings. The summed E-state index contributed by atoms with van der Waals surface area (Å²) in [5, 5.41) is 17.1. The first kappa shape index (κ1) is 16.9. The predicted molar refractivity (Wildman–Crippen MR) is 63.9 cm³/mol. The Morgan fingerprint density at radius 2 is 1.89 bits per heavy atom. The highest BCUT2D eigenvalue weighted by Crippen LogP contribution is 2.08. The Kier molecular flexibility index (Phi) is 10.3. The third-order valence-corrected chi connectivity index (χ3v) is 2.20. The van der Waals surface area contributed by atoms with Gasteiger partial charge in [0.1, 0.15) is 0 Å². The number of unbranched alkanes of at least 4 members (excludes halogenated alkanes) is 1. The number of ether oxygens (including phenoxy) is 2. The first-order valence-corrected chi connectivity index (χ1v) is 6.23. The summed E-state index contributed by atoms with van der Waals surface area (Å²) in [5.41, 5.74) is 0. The molecule has 1 unspecified atom stereocenters. The van der Waals surface area contributed by atoms with Crippen molar-refractivity contribution in [1.82, 2.24) is 0 Å². The summed E-state index contributed by atoms with van der Waals surface area (Å²) in [5.74, 6) is -1.25.